The average molecular weight is 399 g/mol. The maximum absolute atomic E-state index is 12.5. The normalized spacial score (nSPS) is 16.6. The molecule has 1 N–H and O–H groups in total. The molecule has 5 nitrogen and oxygen atoms in total. The number of para-hydroxylation sites is 1. The zero-order valence-corrected chi connectivity index (χ0v) is 15.9. The van der Waals surface area contributed by atoms with E-state index < -0.39 is 10.0 Å². The molecule has 1 amide bonds. The van der Waals surface area contributed by atoms with Crippen LogP contribution in [0.25, 0.3) is 0 Å². The Morgan fingerprint density at radius 2 is 1.84 bits per heavy atom. The van der Waals surface area contributed by atoms with Gasteiger partial charge in [0.2, 0.25) is 10.0 Å². The average Bonchev–Trinajstić information content (AvgIpc) is 2.85. The van der Waals surface area contributed by atoms with Crippen LogP contribution in [-0.4, -0.2) is 26.6 Å². The minimum absolute atomic E-state index is 0.179. The van der Waals surface area contributed by atoms with Crippen LogP contribution in [0.3, 0.4) is 0 Å². The Morgan fingerprint density at radius 3 is 2.44 bits per heavy atom. The minimum Gasteiger partial charge on any atom is -0.319 e. The van der Waals surface area contributed by atoms with Crippen molar-refractivity contribution in [2.45, 2.75) is 19.4 Å². The van der Waals surface area contributed by atoms with E-state index in [0.717, 1.165) is 5.56 Å². The van der Waals surface area contributed by atoms with Crippen molar-refractivity contribution < 1.29 is 13.2 Å². The van der Waals surface area contributed by atoms with E-state index in [1.54, 1.807) is 36.4 Å². The van der Waals surface area contributed by atoms with Gasteiger partial charge in [0.25, 0.3) is 5.91 Å². The van der Waals surface area contributed by atoms with Gasteiger partial charge in [0.15, 0.2) is 0 Å². The second-order valence-corrected chi connectivity index (χ2v) is 8.68. The Kier molecular flexibility index (Phi) is 4.70. The van der Waals surface area contributed by atoms with Crippen LogP contribution < -0.4 is 9.62 Å². The van der Waals surface area contributed by atoms with E-state index in [9.17, 15) is 13.2 Å². The summed E-state index contributed by atoms with van der Waals surface area (Å²) in [6, 6.07) is 9.74. The molecule has 1 heterocycles. The van der Waals surface area contributed by atoms with Crippen molar-refractivity contribution in [1.82, 2.24) is 0 Å². The van der Waals surface area contributed by atoms with Crippen LogP contribution in [0, 0.1) is 0 Å². The smallest absolute Gasteiger partial charge is 0.255 e. The summed E-state index contributed by atoms with van der Waals surface area (Å²) in [7, 11) is -3.36. The molecule has 0 fully saturated rings. The number of sulfonamides is 1. The Labute approximate surface area is 156 Å². The molecule has 1 aliphatic heterocycles. The number of hydrogen-bond acceptors (Lipinski definition) is 3. The number of carbonyl (C=O) groups excluding carboxylic acids is 1. The molecule has 0 spiro atoms. The summed E-state index contributed by atoms with van der Waals surface area (Å²) < 4.78 is 25.3. The first-order chi connectivity index (χ1) is 11.7. The molecular formula is C17H16Cl2N2O3S. The van der Waals surface area contributed by atoms with Gasteiger partial charge in [0.1, 0.15) is 0 Å². The first-order valence-corrected chi connectivity index (χ1v) is 10.2. The van der Waals surface area contributed by atoms with Crippen molar-refractivity contribution in [2.24, 2.45) is 0 Å². The molecule has 2 aromatic carbocycles. The SMILES string of the molecule is C[C@H]1Cc2cc(C(=O)Nc3c(Cl)cccc3Cl)ccc2N1S(C)(=O)=O. The van der Waals surface area contributed by atoms with E-state index in [2.05, 4.69) is 5.32 Å². The van der Waals surface area contributed by atoms with Crippen LogP contribution in [0.2, 0.25) is 10.0 Å². The van der Waals surface area contributed by atoms with Crippen LogP contribution in [0.4, 0.5) is 11.4 Å². The van der Waals surface area contributed by atoms with E-state index in [1.807, 2.05) is 6.92 Å². The number of benzene rings is 2. The van der Waals surface area contributed by atoms with Crippen molar-refractivity contribution in [3.63, 3.8) is 0 Å². The van der Waals surface area contributed by atoms with E-state index in [-0.39, 0.29) is 11.9 Å². The molecule has 0 saturated carbocycles. The summed E-state index contributed by atoms with van der Waals surface area (Å²) in [5, 5.41) is 3.40. The molecule has 0 aromatic heterocycles. The number of rotatable bonds is 3. The van der Waals surface area contributed by atoms with Crippen LogP contribution >= 0.6 is 23.2 Å². The number of anilines is 2. The zero-order valence-electron chi connectivity index (χ0n) is 13.6. The minimum atomic E-state index is -3.36. The van der Waals surface area contributed by atoms with Gasteiger partial charge in [-0.1, -0.05) is 29.3 Å². The van der Waals surface area contributed by atoms with E-state index >= 15 is 0 Å². The van der Waals surface area contributed by atoms with Crippen LogP contribution in [0.1, 0.15) is 22.8 Å². The number of halogens is 2. The predicted molar refractivity (Wildman–Crippen MR) is 101 cm³/mol. The van der Waals surface area contributed by atoms with Gasteiger partial charge >= 0.3 is 0 Å². The highest BCUT2D eigenvalue weighted by atomic mass is 35.5. The Morgan fingerprint density at radius 1 is 1.20 bits per heavy atom. The number of fused-ring (bicyclic) bond motifs is 1. The third kappa shape index (κ3) is 3.47. The summed E-state index contributed by atoms with van der Waals surface area (Å²) in [6.07, 6.45) is 1.73. The highest BCUT2D eigenvalue weighted by Gasteiger charge is 2.32. The number of amides is 1. The molecule has 0 aliphatic carbocycles. The van der Waals surface area contributed by atoms with Crippen molar-refractivity contribution in [3.05, 3.63) is 57.6 Å². The van der Waals surface area contributed by atoms with Gasteiger partial charge < -0.3 is 5.32 Å². The van der Waals surface area contributed by atoms with Gasteiger partial charge in [-0.2, -0.15) is 0 Å². The van der Waals surface area contributed by atoms with Gasteiger partial charge in [-0.3, -0.25) is 9.10 Å². The molecule has 2 aromatic rings. The maximum Gasteiger partial charge on any atom is 0.255 e. The lowest BCUT2D eigenvalue weighted by atomic mass is 10.1. The lowest BCUT2D eigenvalue weighted by molar-refractivity contribution is 0.102. The first kappa shape index (κ1) is 18.0. The van der Waals surface area contributed by atoms with Crippen LogP contribution in [0.15, 0.2) is 36.4 Å². The Hall–Kier alpha value is -1.76. The van der Waals surface area contributed by atoms with Crippen molar-refractivity contribution >= 4 is 50.5 Å². The number of hydrogen-bond donors (Lipinski definition) is 1. The van der Waals surface area contributed by atoms with Crippen LogP contribution in [0.5, 0.6) is 0 Å². The third-order valence-electron chi connectivity index (χ3n) is 4.05. The molecule has 0 radical (unpaired) electrons. The predicted octanol–water partition coefficient (Wildman–Crippen LogP) is 3.96. The summed E-state index contributed by atoms with van der Waals surface area (Å²) in [4.78, 5) is 12.5. The standard InChI is InChI=1S/C17H16Cl2N2O3S/c1-10-8-12-9-11(6-7-15(12)21(10)25(2,23)24)17(22)20-16-13(18)4-3-5-14(16)19/h3-7,9-10H,8H2,1-2H3,(H,20,22)/t10-/m0/s1. The molecule has 3 rings (SSSR count). The van der Waals surface area contributed by atoms with Crippen molar-refractivity contribution in [2.75, 3.05) is 15.9 Å². The topological polar surface area (TPSA) is 66.5 Å². The molecule has 0 saturated heterocycles. The number of nitrogens with zero attached hydrogens (tertiary/aromatic N) is 1. The number of carbonyl (C=O) groups is 1. The lowest BCUT2D eigenvalue weighted by Gasteiger charge is -2.21. The van der Waals surface area contributed by atoms with Gasteiger partial charge in [0, 0.05) is 11.6 Å². The van der Waals surface area contributed by atoms with E-state index in [1.165, 1.54) is 10.6 Å². The summed E-state index contributed by atoms with van der Waals surface area (Å²) in [5.41, 5.74) is 2.19. The fourth-order valence-corrected chi connectivity index (χ4v) is 4.81. The molecule has 8 heteroatoms. The van der Waals surface area contributed by atoms with E-state index in [0.29, 0.717) is 33.4 Å². The Balaban J connectivity index is 1.91. The summed E-state index contributed by atoms with van der Waals surface area (Å²) in [5.74, 6) is -0.358. The zero-order chi connectivity index (χ0) is 18.4. The number of nitrogens with one attached hydrogen (secondary N) is 1. The second kappa shape index (κ2) is 6.52. The van der Waals surface area contributed by atoms with Crippen molar-refractivity contribution in [3.8, 4) is 0 Å². The fourth-order valence-electron chi connectivity index (χ4n) is 3.05. The molecule has 25 heavy (non-hydrogen) atoms. The van der Waals surface area contributed by atoms with Gasteiger partial charge in [-0.25, -0.2) is 8.42 Å². The van der Waals surface area contributed by atoms with E-state index in [4.69, 9.17) is 23.2 Å². The fraction of sp³-hybridized carbons (Fsp3) is 0.235. The molecule has 132 valence electrons. The third-order valence-corrected chi connectivity index (χ3v) is 5.95. The highest BCUT2D eigenvalue weighted by Crippen LogP contribution is 2.35. The quantitative estimate of drug-likeness (QED) is 0.850. The monoisotopic (exact) mass is 398 g/mol. The summed E-state index contributed by atoms with van der Waals surface area (Å²) in [6.45, 7) is 1.84. The highest BCUT2D eigenvalue weighted by molar-refractivity contribution is 7.92. The van der Waals surface area contributed by atoms with Gasteiger partial charge in [0.05, 0.1) is 27.7 Å². The van der Waals surface area contributed by atoms with Gasteiger partial charge in [-0.05, 0) is 49.2 Å². The van der Waals surface area contributed by atoms with Crippen LogP contribution in [-0.2, 0) is 16.4 Å². The summed E-state index contributed by atoms with van der Waals surface area (Å²) >= 11 is 12.1. The molecule has 1 atom stereocenters. The Bertz CT molecular complexity index is 940. The molecule has 0 bridgehead atoms. The molecule has 1 aliphatic rings. The van der Waals surface area contributed by atoms with Crippen molar-refractivity contribution in [1.29, 1.82) is 0 Å². The first-order valence-electron chi connectivity index (χ1n) is 7.56. The molecular weight excluding hydrogens is 383 g/mol. The van der Waals surface area contributed by atoms with Gasteiger partial charge in [-0.15, -0.1) is 0 Å². The largest absolute Gasteiger partial charge is 0.319 e. The lowest BCUT2D eigenvalue weighted by Crippen LogP contribution is -2.34. The molecule has 0 unspecified atom stereocenters. The second-order valence-electron chi connectivity index (χ2n) is 6.01. The maximum atomic E-state index is 12.5.